The average Bonchev–Trinajstić information content (AvgIpc) is 2.30. The molecule has 0 aliphatic carbocycles. The average molecular weight is 225 g/mol. The highest BCUT2D eigenvalue weighted by Gasteiger charge is 2.22. The zero-order valence-electron chi connectivity index (χ0n) is 9.32. The van der Waals surface area contributed by atoms with Crippen LogP contribution >= 0.6 is 0 Å². The summed E-state index contributed by atoms with van der Waals surface area (Å²) in [5.41, 5.74) is 6.35. The minimum Gasteiger partial charge on any atom is -0.377 e. The van der Waals surface area contributed by atoms with E-state index in [1.807, 2.05) is 0 Å². The Bertz CT molecular complexity index is 372. The van der Waals surface area contributed by atoms with Gasteiger partial charge in [0.25, 0.3) is 0 Å². The summed E-state index contributed by atoms with van der Waals surface area (Å²) in [6.07, 6.45) is 1.23. The normalized spacial score (nSPS) is 21.2. The largest absolute Gasteiger partial charge is 0.377 e. The first kappa shape index (κ1) is 11.3. The second-order valence-electron chi connectivity index (χ2n) is 3.96. The van der Waals surface area contributed by atoms with Gasteiger partial charge in [0, 0.05) is 18.7 Å². The van der Waals surface area contributed by atoms with Gasteiger partial charge in [0.15, 0.2) is 0 Å². The summed E-state index contributed by atoms with van der Waals surface area (Å²) in [6, 6.07) is 1.70. The van der Waals surface area contributed by atoms with Crippen molar-refractivity contribution >= 4 is 5.82 Å². The van der Waals surface area contributed by atoms with E-state index in [1.165, 1.54) is 12.3 Å². The Kier molecular flexibility index (Phi) is 3.36. The zero-order chi connectivity index (χ0) is 11.5. The highest BCUT2D eigenvalue weighted by atomic mass is 19.1. The number of anilines is 1. The zero-order valence-corrected chi connectivity index (χ0v) is 9.32. The quantitative estimate of drug-likeness (QED) is 0.812. The van der Waals surface area contributed by atoms with Gasteiger partial charge in [-0.1, -0.05) is 0 Å². The maximum atomic E-state index is 13.0. The summed E-state index contributed by atoms with van der Waals surface area (Å²) in [5.74, 6) is 0.435. The minimum absolute atomic E-state index is 0.247. The van der Waals surface area contributed by atoms with Crippen LogP contribution in [-0.4, -0.2) is 30.8 Å². The molecular weight excluding hydrogens is 209 g/mol. The van der Waals surface area contributed by atoms with E-state index in [0.29, 0.717) is 19.8 Å². The lowest BCUT2D eigenvalue weighted by Crippen LogP contribution is -2.44. The molecule has 1 aromatic rings. The standard InChI is InChI=1S/C11H16FN3O/c1-8-7-16-3-2-15(8)11-9(5-13)4-10(12)6-14-11/h4,6,8H,2-3,5,7,13H2,1H3. The number of aromatic nitrogens is 1. The third-order valence-corrected chi connectivity index (χ3v) is 2.77. The van der Waals surface area contributed by atoms with Gasteiger partial charge in [-0.05, 0) is 13.0 Å². The van der Waals surface area contributed by atoms with Crippen molar-refractivity contribution < 1.29 is 9.13 Å². The van der Waals surface area contributed by atoms with Crippen LogP contribution in [0.5, 0.6) is 0 Å². The molecule has 1 aliphatic heterocycles. The second-order valence-corrected chi connectivity index (χ2v) is 3.96. The Morgan fingerprint density at radius 3 is 3.19 bits per heavy atom. The number of nitrogens with two attached hydrogens (primary N) is 1. The predicted octanol–water partition coefficient (Wildman–Crippen LogP) is 0.904. The van der Waals surface area contributed by atoms with Crippen LogP contribution in [-0.2, 0) is 11.3 Å². The number of hydrogen-bond acceptors (Lipinski definition) is 4. The van der Waals surface area contributed by atoms with Crippen LogP contribution in [0, 0.1) is 5.82 Å². The smallest absolute Gasteiger partial charge is 0.141 e. The number of pyridine rings is 1. The predicted molar refractivity (Wildman–Crippen MR) is 59.7 cm³/mol. The second kappa shape index (κ2) is 4.76. The van der Waals surface area contributed by atoms with Gasteiger partial charge in [-0.3, -0.25) is 0 Å². The molecule has 0 bridgehead atoms. The molecule has 1 unspecified atom stereocenters. The van der Waals surface area contributed by atoms with E-state index in [4.69, 9.17) is 10.5 Å². The van der Waals surface area contributed by atoms with E-state index in [1.54, 1.807) is 0 Å². The number of morpholine rings is 1. The van der Waals surface area contributed by atoms with Crippen molar-refractivity contribution in [2.45, 2.75) is 19.5 Å². The first-order valence-corrected chi connectivity index (χ1v) is 5.41. The van der Waals surface area contributed by atoms with Crippen LogP contribution < -0.4 is 10.6 Å². The van der Waals surface area contributed by atoms with Crippen molar-refractivity contribution in [3.63, 3.8) is 0 Å². The molecule has 5 heteroatoms. The molecule has 2 N–H and O–H groups in total. The summed E-state index contributed by atoms with van der Waals surface area (Å²) in [5, 5.41) is 0. The number of rotatable bonds is 2. The Morgan fingerprint density at radius 1 is 1.69 bits per heavy atom. The fraction of sp³-hybridized carbons (Fsp3) is 0.545. The summed E-state index contributed by atoms with van der Waals surface area (Å²) < 4.78 is 18.4. The highest BCUT2D eigenvalue weighted by molar-refractivity contribution is 5.48. The molecule has 1 fully saturated rings. The first-order chi connectivity index (χ1) is 7.72. The number of ether oxygens (including phenoxy) is 1. The Hall–Kier alpha value is -1.20. The van der Waals surface area contributed by atoms with Crippen LogP contribution in [0.1, 0.15) is 12.5 Å². The molecule has 1 aliphatic rings. The molecule has 0 saturated carbocycles. The monoisotopic (exact) mass is 225 g/mol. The topological polar surface area (TPSA) is 51.4 Å². The maximum Gasteiger partial charge on any atom is 0.141 e. The van der Waals surface area contributed by atoms with E-state index in [0.717, 1.165) is 17.9 Å². The van der Waals surface area contributed by atoms with Gasteiger partial charge in [-0.2, -0.15) is 0 Å². The molecule has 4 nitrogen and oxygen atoms in total. The Morgan fingerprint density at radius 2 is 2.50 bits per heavy atom. The Balaban J connectivity index is 2.30. The van der Waals surface area contributed by atoms with Gasteiger partial charge in [0.1, 0.15) is 11.6 Å². The molecule has 1 saturated heterocycles. The molecular formula is C11H16FN3O. The van der Waals surface area contributed by atoms with Crippen molar-refractivity contribution in [1.82, 2.24) is 4.98 Å². The lowest BCUT2D eigenvalue weighted by molar-refractivity contribution is 0.0984. The maximum absolute atomic E-state index is 13.0. The van der Waals surface area contributed by atoms with Gasteiger partial charge in [0.2, 0.25) is 0 Å². The number of nitrogens with zero attached hydrogens (tertiary/aromatic N) is 2. The summed E-state index contributed by atoms with van der Waals surface area (Å²) >= 11 is 0. The molecule has 0 spiro atoms. The van der Waals surface area contributed by atoms with Crippen molar-refractivity contribution in [3.05, 3.63) is 23.6 Å². The molecule has 0 amide bonds. The van der Waals surface area contributed by atoms with E-state index < -0.39 is 0 Å². The van der Waals surface area contributed by atoms with Gasteiger partial charge < -0.3 is 15.4 Å². The van der Waals surface area contributed by atoms with Crippen LogP contribution in [0.4, 0.5) is 10.2 Å². The first-order valence-electron chi connectivity index (χ1n) is 5.41. The fourth-order valence-electron chi connectivity index (χ4n) is 1.92. The molecule has 1 atom stereocenters. The fourth-order valence-corrected chi connectivity index (χ4v) is 1.92. The van der Waals surface area contributed by atoms with Gasteiger partial charge in [0.05, 0.1) is 25.5 Å². The Labute approximate surface area is 94.2 Å². The van der Waals surface area contributed by atoms with E-state index in [2.05, 4.69) is 16.8 Å². The van der Waals surface area contributed by atoms with Crippen molar-refractivity contribution in [2.75, 3.05) is 24.7 Å². The molecule has 1 aromatic heterocycles. The van der Waals surface area contributed by atoms with Crippen LogP contribution in [0.3, 0.4) is 0 Å². The lowest BCUT2D eigenvalue weighted by atomic mass is 10.2. The molecule has 0 aromatic carbocycles. The molecule has 2 heterocycles. The van der Waals surface area contributed by atoms with E-state index in [9.17, 15) is 4.39 Å². The lowest BCUT2D eigenvalue weighted by Gasteiger charge is -2.35. The molecule has 88 valence electrons. The minimum atomic E-state index is -0.342. The van der Waals surface area contributed by atoms with Crippen LogP contribution in [0.2, 0.25) is 0 Å². The number of hydrogen-bond donors (Lipinski definition) is 1. The molecule has 2 rings (SSSR count). The van der Waals surface area contributed by atoms with E-state index in [-0.39, 0.29) is 11.9 Å². The third-order valence-electron chi connectivity index (χ3n) is 2.77. The van der Waals surface area contributed by atoms with Gasteiger partial charge >= 0.3 is 0 Å². The van der Waals surface area contributed by atoms with Crippen molar-refractivity contribution in [3.8, 4) is 0 Å². The third kappa shape index (κ3) is 2.15. The summed E-state index contributed by atoms with van der Waals surface area (Å²) in [6.45, 7) is 4.47. The van der Waals surface area contributed by atoms with Gasteiger partial charge in [-0.25, -0.2) is 9.37 Å². The van der Waals surface area contributed by atoms with E-state index >= 15 is 0 Å². The van der Waals surface area contributed by atoms with Crippen LogP contribution in [0.25, 0.3) is 0 Å². The molecule has 0 radical (unpaired) electrons. The van der Waals surface area contributed by atoms with Crippen LogP contribution in [0.15, 0.2) is 12.3 Å². The summed E-state index contributed by atoms with van der Waals surface area (Å²) in [7, 11) is 0. The summed E-state index contributed by atoms with van der Waals surface area (Å²) in [4.78, 5) is 6.25. The highest BCUT2D eigenvalue weighted by Crippen LogP contribution is 2.22. The SMILES string of the molecule is CC1COCCN1c1ncc(F)cc1CN. The van der Waals surface area contributed by atoms with Crippen molar-refractivity contribution in [2.24, 2.45) is 5.73 Å². The van der Waals surface area contributed by atoms with Crippen molar-refractivity contribution in [1.29, 1.82) is 0 Å². The van der Waals surface area contributed by atoms with Gasteiger partial charge in [-0.15, -0.1) is 0 Å². The number of halogens is 1. The molecule has 16 heavy (non-hydrogen) atoms.